The number of nitrogens with one attached hydrogen (secondary N) is 3. The fraction of sp³-hybridized carbons (Fsp3) is 0.467. The molecule has 1 aromatic carbocycles. The van der Waals surface area contributed by atoms with Crippen LogP contribution in [0.4, 0.5) is 11.4 Å². The average Bonchev–Trinajstić information content (AvgIpc) is 2.39. The van der Waals surface area contributed by atoms with Gasteiger partial charge in [-0.1, -0.05) is 6.07 Å². The van der Waals surface area contributed by atoms with Gasteiger partial charge in [0.25, 0.3) is 0 Å². The molecule has 0 aliphatic carbocycles. The first-order valence-electron chi connectivity index (χ1n) is 7.02. The van der Waals surface area contributed by atoms with Gasteiger partial charge in [-0.3, -0.25) is 9.59 Å². The molecule has 1 atom stereocenters. The summed E-state index contributed by atoms with van der Waals surface area (Å²) in [7, 11) is 0. The lowest BCUT2D eigenvalue weighted by molar-refractivity contribution is -0.117. The maximum absolute atomic E-state index is 12.0. The van der Waals surface area contributed by atoms with Crippen LogP contribution in [0.5, 0.6) is 0 Å². The molecule has 1 fully saturated rings. The highest BCUT2D eigenvalue weighted by molar-refractivity contribution is 5.93. The first kappa shape index (κ1) is 14.5. The molecule has 1 aromatic rings. The Kier molecular flexibility index (Phi) is 5.12. The van der Waals surface area contributed by atoms with E-state index in [-0.39, 0.29) is 11.8 Å². The van der Waals surface area contributed by atoms with Crippen molar-refractivity contribution in [1.82, 2.24) is 5.32 Å². The van der Waals surface area contributed by atoms with Crippen molar-refractivity contribution in [2.45, 2.75) is 26.2 Å². The zero-order valence-corrected chi connectivity index (χ0v) is 11.7. The molecule has 1 aliphatic heterocycles. The van der Waals surface area contributed by atoms with Crippen molar-refractivity contribution >= 4 is 23.2 Å². The van der Waals surface area contributed by atoms with Gasteiger partial charge in [0.2, 0.25) is 11.8 Å². The number of amides is 2. The molecule has 5 heteroatoms. The maximum atomic E-state index is 12.0. The number of benzene rings is 1. The summed E-state index contributed by atoms with van der Waals surface area (Å²) < 4.78 is 0. The van der Waals surface area contributed by atoms with Gasteiger partial charge in [0.1, 0.15) is 0 Å². The van der Waals surface area contributed by atoms with E-state index < -0.39 is 0 Å². The monoisotopic (exact) mass is 275 g/mol. The summed E-state index contributed by atoms with van der Waals surface area (Å²) in [6.45, 7) is 3.43. The van der Waals surface area contributed by atoms with Crippen LogP contribution < -0.4 is 16.0 Å². The van der Waals surface area contributed by atoms with E-state index in [1.54, 1.807) is 12.1 Å². The SMILES string of the molecule is CC(=O)Nc1cccc(NC(=O)CC2CCCNC2)c1. The molecule has 20 heavy (non-hydrogen) atoms. The van der Waals surface area contributed by atoms with Crippen LogP contribution in [0.25, 0.3) is 0 Å². The lowest BCUT2D eigenvalue weighted by Gasteiger charge is -2.22. The Bertz CT molecular complexity index is 482. The van der Waals surface area contributed by atoms with Gasteiger partial charge in [-0.2, -0.15) is 0 Å². The van der Waals surface area contributed by atoms with E-state index in [0.29, 0.717) is 23.7 Å². The second kappa shape index (κ2) is 7.05. The summed E-state index contributed by atoms with van der Waals surface area (Å²) in [4.78, 5) is 23.0. The molecule has 1 unspecified atom stereocenters. The minimum absolute atomic E-state index is 0.0266. The molecule has 0 bridgehead atoms. The largest absolute Gasteiger partial charge is 0.326 e. The molecule has 0 saturated carbocycles. The molecular formula is C15H21N3O2. The topological polar surface area (TPSA) is 70.2 Å². The number of anilines is 2. The Morgan fingerprint density at radius 2 is 2.05 bits per heavy atom. The molecule has 1 heterocycles. The van der Waals surface area contributed by atoms with Crippen LogP contribution in [0, 0.1) is 5.92 Å². The van der Waals surface area contributed by atoms with Gasteiger partial charge in [0.05, 0.1) is 0 Å². The van der Waals surface area contributed by atoms with E-state index >= 15 is 0 Å². The normalized spacial score (nSPS) is 18.4. The Morgan fingerprint density at radius 3 is 2.70 bits per heavy atom. The highest BCUT2D eigenvalue weighted by atomic mass is 16.2. The van der Waals surface area contributed by atoms with Crippen molar-refractivity contribution in [2.75, 3.05) is 23.7 Å². The minimum Gasteiger partial charge on any atom is -0.326 e. The molecule has 0 spiro atoms. The third-order valence-corrected chi connectivity index (χ3v) is 3.34. The fourth-order valence-electron chi connectivity index (χ4n) is 2.45. The zero-order chi connectivity index (χ0) is 14.4. The molecule has 2 rings (SSSR count). The van der Waals surface area contributed by atoms with Gasteiger partial charge in [-0.25, -0.2) is 0 Å². The van der Waals surface area contributed by atoms with Gasteiger partial charge in [-0.15, -0.1) is 0 Å². The smallest absolute Gasteiger partial charge is 0.224 e. The maximum Gasteiger partial charge on any atom is 0.224 e. The summed E-state index contributed by atoms with van der Waals surface area (Å²) >= 11 is 0. The molecule has 1 aliphatic rings. The first-order valence-corrected chi connectivity index (χ1v) is 7.02. The summed E-state index contributed by atoms with van der Waals surface area (Å²) in [5.41, 5.74) is 1.40. The van der Waals surface area contributed by atoms with Gasteiger partial charge in [-0.05, 0) is 50.0 Å². The van der Waals surface area contributed by atoms with Gasteiger partial charge >= 0.3 is 0 Å². The van der Waals surface area contributed by atoms with E-state index in [2.05, 4.69) is 16.0 Å². The number of rotatable bonds is 4. The quantitative estimate of drug-likeness (QED) is 0.787. The lowest BCUT2D eigenvalue weighted by Crippen LogP contribution is -2.32. The van der Waals surface area contributed by atoms with E-state index in [4.69, 9.17) is 0 Å². The van der Waals surface area contributed by atoms with Gasteiger partial charge in [0, 0.05) is 24.7 Å². The van der Waals surface area contributed by atoms with Crippen LogP contribution >= 0.6 is 0 Å². The molecule has 108 valence electrons. The second-order valence-electron chi connectivity index (χ2n) is 5.23. The number of hydrogen-bond acceptors (Lipinski definition) is 3. The summed E-state index contributed by atoms with van der Waals surface area (Å²) in [6, 6.07) is 7.19. The highest BCUT2D eigenvalue weighted by Gasteiger charge is 2.16. The van der Waals surface area contributed by atoms with E-state index in [1.807, 2.05) is 12.1 Å². The molecule has 1 saturated heterocycles. The Morgan fingerprint density at radius 1 is 1.30 bits per heavy atom. The van der Waals surface area contributed by atoms with Crippen LogP contribution in [-0.2, 0) is 9.59 Å². The van der Waals surface area contributed by atoms with Crippen molar-refractivity contribution in [1.29, 1.82) is 0 Å². The molecule has 2 amide bonds. The van der Waals surface area contributed by atoms with Crippen molar-refractivity contribution in [2.24, 2.45) is 5.92 Å². The van der Waals surface area contributed by atoms with Crippen molar-refractivity contribution in [3.05, 3.63) is 24.3 Å². The number of piperidine rings is 1. The molecule has 5 nitrogen and oxygen atoms in total. The van der Waals surface area contributed by atoms with Crippen LogP contribution in [0.15, 0.2) is 24.3 Å². The number of carbonyl (C=O) groups is 2. The first-order chi connectivity index (χ1) is 9.63. The average molecular weight is 275 g/mol. The fourth-order valence-corrected chi connectivity index (χ4v) is 2.45. The molecule has 0 radical (unpaired) electrons. The second-order valence-corrected chi connectivity index (χ2v) is 5.23. The highest BCUT2D eigenvalue weighted by Crippen LogP contribution is 2.18. The van der Waals surface area contributed by atoms with Gasteiger partial charge in [0.15, 0.2) is 0 Å². The van der Waals surface area contributed by atoms with Crippen LogP contribution in [-0.4, -0.2) is 24.9 Å². The third-order valence-electron chi connectivity index (χ3n) is 3.34. The lowest BCUT2D eigenvalue weighted by atomic mass is 9.96. The standard InChI is InChI=1S/C15H21N3O2/c1-11(19)17-13-5-2-6-14(9-13)18-15(20)8-12-4-3-7-16-10-12/h2,5-6,9,12,16H,3-4,7-8,10H2,1H3,(H,17,19)(H,18,20). The molecule has 0 aromatic heterocycles. The third kappa shape index (κ3) is 4.66. The van der Waals surface area contributed by atoms with Crippen LogP contribution in [0.1, 0.15) is 26.2 Å². The number of carbonyl (C=O) groups excluding carboxylic acids is 2. The zero-order valence-electron chi connectivity index (χ0n) is 11.7. The Hall–Kier alpha value is -1.88. The molecule has 3 N–H and O–H groups in total. The Balaban J connectivity index is 1.88. The van der Waals surface area contributed by atoms with Crippen LogP contribution in [0.2, 0.25) is 0 Å². The van der Waals surface area contributed by atoms with Crippen LogP contribution in [0.3, 0.4) is 0 Å². The molecular weight excluding hydrogens is 254 g/mol. The number of hydrogen-bond donors (Lipinski definition) is 3. The predicted molar refractivity (Wildman–Crippen MR) is 79.6 cm³/mol. The summed E-state index contributed by atoms with van der Waals surface area (Å²) in [5.74, 6) is 0.322. The van der Waals surface area contributed by atoms with Crippen molar-refractivity contribution in [3.63, 3.8) is 0 Å². The predicted octanol–water partition coefficient (Wildman–Crippen LogP) is 1.97. The Labute approximate surface area is 119 Å². The van der Waals surface area contributed by atoms with Gasteiger partial charge < -0.3 is 16.0 Å². The van der Waals surface area contributed by atoms with Crippen molar-refractivity contribution in [3.8, 4) is 0 Å². The summed E-state index contributed by atoms with van der Waals surface area (Å²) in [6.07, 6.45) is 2.78. The summed E-state index contributed by atoms with van der Waals surface area (Å²) in [5, 5.41) is 8.89. The van der Waals surface area contributed by atoms with E-state index in [0.717, 1.165) is 25.9 Å². The van der Waals surface area contributed by atoms with E-state index in [1.165, 1.54) is 6.92 Å². The van der Waals surface area contributed by atoms with Crippen molar-refractivity contribution < 1.29 is 9.59 Å². The minimum atomic E-state index is -0.123. The van der Waals surface area contributed by atoms with E-state index in [9.17, 15) is 9.59 Å².